The first-order valence-electron chi connectivity index (χ1n) is 9.44. The molecule has 2 aromatic rings. The number of unbranched alkanes of at least 4 members (excludes halogenated alkanes) is 6. The molecule has 0 N–H and O–H groups in total. The van der Waals surface area contributed by atoms with Crippen LogP contribution in [-0.4, -0.2) is 6.54 Å². The van der Waals surface area contributed by atoms with Crippen molar-refractivity contribution in [3.63, 3.8) is 0 Å². The number of fused-ring (bicyclic) bond motifs is 2. The molecule has 1 heterocycles. The Morgan fingerprint density at radius 1 is 0.833 bits per heavy atom. The lowest BCUT2D eigenvalue weighted by atomic mass is 9.95. The Morgan fingerprint density at radius 2 is 1.54 bits per heavy atom. The van der Waals surface area contributed by atoms with E-state index in [0.29, 0.717) is 0 Å². The minimum absolute atomic E-state index is 1.03. The molecule has 0 unspecified atom stereocenters. The first-order valence-corrected chi connectivity index (χ1v) is 10.2. The summed E-state index contributed by atoms with van der Waals surface area (Å²) >= 11 is 3.75. The molecule has 1 aliphatic heterocycles. The van der Waals surface area contributed by atoms with Gasteiger partial charge in [-0.3, -0.25) is 0 Å². The number of para-hydroxylation sites is 1. The minimum Gasteiger partial charge on any atom is -0.341 e. The maximum Gasteiger partial charge on any atom is 0.0458 e. The van der Waals surface area contributed by atoms with E-state index in [-0.39, 0.29) is 0 Å². The highest BCUT2D eigenvalue weighted by atomic mass is 79.9. The van der Waals surface area contributed by atoms with E-state index < -0.39 is 0 Å². The summed E-state index contributed by atoms with van der Waals surface area (Å²) in [5.41, 5.74) is 5.65. The molecule has 0 bridgehead atoms. The van der Waals surface area contributed by atoms with Gasteiger partial charge >= 0.3 is 0 Å². The van der Waals surface area contributed by atoms with Crippen molar-refractivity contribution in [2.45, 2.75) is 58.3 Å². The Hall–Kier alpha value is -1.28. The van der Waals surface area contributed by atoms with E-state index >= 15 is 0 Å². The van der Waals surface area contributed by atoms with Gasteiger partial charge in [0.1, 0.15) is 0 Å². The van der Waals surface area contributed by atoms with Crippen molar-refractivity contribution in [3.05, 3.63) is 58.1 Å². The second-order valence-electron chi connectivity index (χ2n) is 6.82. The molecule has 0 saturated carbocycles. The maximum absolute atomic E-state index is 3.75. The molecule has 2 heteroatoms. The van der Waals surface area contributed by atoms with Gasteiger partial charge in [-0.25, -0.2) is 0 Å². The first kappa shape index (κ1) is 17.5. The van der Waals surface area contributed by atoms with Crippen molar-refractivity contribution >= 4 is 27.3 Å². The van der Waals surface area contributed by atoms with Crippen LogP contribution in [0.3, 0.4) is 0 Å². The van der Waals surface area contributed by atoms with Gasteiger partial charge in [-0.2, -0.15) is 0 Å². The van der Waals surface area contributed by atoms with Gasteiger partial charge < -0.3 is 4.90 Å². The number of anilines is 2. The molecular formula is C22H28BrN. The molecule has 1 aliphatic rings. The predicted octanol–water partition coefficient (Wildman–Crippen LogP) is 7.24. The Morgan fingerprint density at radius 3 is 2.38 bits per heavy atom. The largest absolute Gasteiger partial charge is 0.341 e. The zero-order valence-electron chi connectivity index (χ0n) is 14.7. The average molecular weight is 386 g/mol. The monoisotopic (exact) mass is 385 g/mol. The van der Waals surface area contributed by atoms with Crippen LogP contribution in [0.1, 0.15) is 63.0 Å². The normalized spacial score (nSPS) is 12.8. The van der Waals surface area contributed by atoms with Crippen molar-refractivity contribution in [2.75, 3.05) is 11.4 Å². The zero-order valence-corrected chi connectivity index (χ0v) is 16.3. The molecule has 0 fully saturated rings. The van der Waals surface area contributed by atoms with Crippen LogP contribution < -0.4 is 4.90 Å². The van der Waals surface area contributed by atoms with E-state index in [1.807, 2.05) is 0 Å². The van der Waals surface area contributed by atoms with Crippen LogP contribution in [0.5, 0.6) is 0 Å². The summed E-state index contributed by atoms with van der Waals surface area (Å²) in [4.78, 5) is 2.53. The van der Waals surface area contributed by atoms with Crippen molar-refractivity contribution in [2.24, 2.45) is 0 Å². The third-order valence-corrected chi connectivity index (χ3v) is 5.76. The van der Waals surface area contributed by atoms with E-state index in [2.05, 4.69) is 70.2 Å². The van der Waals surface area contributed by atoms with E-state index in [1.165, 1.54) is 71.9 Å². The van der Waals surface area contributed by atoms with Gasteiger partial charge in [-0.05, 0) is 35.7 Å². The highest BCUT2D eigenvalue weighted by Gasteiger charge is 2.23. The molecule has 0 amide bonds. The predicted molar refractivity (Wildman–Crippen MR) is 108 cm³/mol. The zero-order chi connectivity index (χ0) is 16.8. The Balaban J connectivity index is 1.67. The quantitative estimate of drug-likeness (QED) is 0.432. The SMILES string of the molecule is CCCCCCCCCN1c2ccccc2Cc2c(Br)cccc21. The van der Waals surface area contributed by atoms with Crippen LogP contribution >= 0.6 is 15.9 Å². The fraction of sp³-hybridized carbons (Fsp3) is 0.455. The second kappa shape index (κ2) is 8.71. The summed E-state index contributed by atoms with van der Waals surface area (Å²) in [6.07, 6.45) is 10.5. The van der Waals surface area contributed by atoms with Gasteiger partial charge in [0, 0.05) is 28.8 Å². The number of hydrogen-bond donors (Lipinski definition) is 0. The number of benzene rings is 2. The molecular weight excluding hydrogens is 358 g/mol. The molecule has 24 heavy (non-hydrogen) atoms. The van der Waals surface area contributed by atoms with Crippen molar-refractivity contribution in [1.82, 2.24) is 0 Å². The molecule has 128 valence electrons. The maximum atomic E-state index is 3.75. The summed E-state index contributed by atoms with van der Waals surface area (Å²) < 4.78 is 1.24. The van der Waals surface area contributed by atoms with Crippen LogP contribution in [0.4, 0.5) is 11.4 Å². The topological polar surface area (TPSA) is 3.24 Å². The van der Waals surface area contributed by atoms with Gasteiger partial charge in [0.05, 0.1) is 0 Å². The summed E-state index contributed by atoms with van der Waals surface area (Å²) in [5, 5.41) is 0. The van der Waals surface area contributed by atoms with E-state index in [1.54, 1.807) is 0 Å². The second-order valence-corrected chi connectivity index (χ2v) is 7.67. The number of rotatable bonds is 8. The summed E-state index contributed by atoms with van der Waals surface area (Å²) in [6, 6.07) is 15.5. The summed E-state index contributed by atoms with van der Waals surface area (Å²) in [5.74, 6) is 0. The molecule has 0 aromatic heterocycles. The van der Waals surface area contributed by atoms with Crippen LogP contribution in [0.15, 0.2) is 46.9 Å². The van der Waals surface area contributed by atoms with Crippen molar-refractivity contribution in [1.29, 1.82) is 0 Å². The highest BCUT2D eigenvalue weighted by molar-refractivity contribution is 9.10. The van der Waals surface area contributed by atoms with E-state index in [4.69, 9.17) is 0 Å². The van der Waals surface area contributed by atoms with Gasteiger partial charge in [0.15, 0.2) is 0 Å². The van der Waals surface area contributed by atoms with Crippen LogP contribution in [-0.2, 0) is 6.42 Å². The average Bonchev–Trinajstić information content (AvgIpc) is 2.61. The van der Waals surface area contributed by atoms with E-state index in [0.717, 1.165) is 13.0 Å². The molecule has 1 nitrogen and oxygen atoms in total. The lowest BCUT2D eigenvalue weighted by Gasteiger charge is -2.34. The fourth-order valence-electron chi connectivity index (χ4n) is 3.69. The summed E-state index contributed by atoms with van der Waals surface area (Å²) in [6.45, 7) is 3.40. The van der Waals surface area contributed by atoms with Gasteiger partial charge in [0.25, 0.3) is 0 Å². The molecule has 3 rings (SSSR count). The molecule has 0 radical (unpaired) electrons. The molecule has 0 saturated heterocycles. The van der Waals surface area contributed by atoms with E-state index in [9.17, 15) is 0 Å². The standard InChI is InChI=1S/C22H28BrN/c1-2-3-4-5-6-7-10-16-24-21-14-9-8-12-18(21)17-19-20(23)13-11-15-22(19)24/h8-9,11-15H,2-7,10,16-17H2,1H3. The Kier molecular flexibility index (Phi) is 6.37. The number of hydrogen-bond acceptors (Lipinski definition) is 1. The Labute approximate surface area is 155 Å². The number of nitrogens with zero attached hydrogens (tertiary/aromatic N) is 1. The first-order chi connectivity index (χ1) is 11.8. The van der Waals surface area contributed by atoms with Gasteiger partial charge in [-0.1, -0.05) is 85.6 Å². The van der Waals surface area contributed by atoms with Gasteiger partial charge in [0.2, 0.25) is 0 Å². The van der Waals surface area contributed by atoms with Gasteiger partial charge in [-0.15, -0.1) is 0 Å². The lowest BCUT2D eigenvalue weighted by Crippen LogP contribution is -2.24. The molecule has 0 aliphatic carbocycles. The smallest absolute Gasteiger partial charge is 0.0458 e. The van der Waals surface area contributed by atoms with Crippen molar-refractivity contribution < 1.29 is 0 Å². The third-order valence-electron chi connectivity index (χ3n) is 5.02. The fourth-order valence-corrected chi connectivity index (χ4v) is 4.18. The van der Waals surface area contributed by atoms with Crippen LogP contribution in [0.2, 0.25) is 0 Å². The minimum atomic E-state index is 1.03. The molecule has 2 aromatic carbocycles. The molecule has 0 atom stereocenters. The van der Waals surface area contributed by atoms with Crippen LogP contribution in [0, 0.1) is 0 Å². The highest BCUT2D eigenvalue weighted by Crippen LogP contribution is 2.41. The lowest BCUT2D eigenvalue weighted by molar-refractivity contribution is 0.590. The third kappa shape index (κ3) is 4.03. The van der Waals surface area contributed by atoms with Crippen LogP contribution in [0.25, 0.3) is 0 Å². The Bertz CT molecular complexity index is 665. The van der Waals surface area contributed by atoms with Crippen molar-refractivity contribution in [3.8, 4) is 0 Å². The molecule has 0 spiro atoms. The summed E-state index contributed by atoms with van der Waals surface area (Å²) in [7, 11) is 0. The number of halogens is 1.